The minimum atomic E-state index is -1.15. The maximum atomic E-state index is 11.4. The summed E-state index contributed by atoms with van der Waals surface area (Å²) in [6.45, 7) is 1.73. The number of esters is 1. The zero-order valence-corrected chi connectivity index (χ0v) is 9.93. The largest absolute Gasteiger partial charge is 0.480 e. The molecule has 7 heteroatoms. The molecule has 0 aliphatic heterocycles. The van der Waals surface area contributed by atoms with Gasteiger partial charge in [-0.1, -0.05) is 6.92 Å². The second kappa shape index (κ2) is 7.61. The van der Waals surface area contributed by atoms with Crippen LogP contribution < -0.4 is 11.1 Å². The summed E-state index contributed by atoms with van der Waals surface area (Å²) in [5, 5.41) is 11.0. The zero-order valence-electron chi connectivity index (χ0n) is 9.93. The van der Waals surface area contributed by atoms with Gasteiger partial charge in [0, 0.05) is 6.42 Å². The molecule has 0 radical (unpaired) electrons. The highest BCUT2D eigenvalue weighted by atomic mass is 16.5. The number of methoxy groups -OCH3 is 1. The van der Waals surface area contributed by atoms with Crippen molar-refractivity contribution in [3.05, 3.63) is 0 Å². The Morgan fingerprint density at radius 3 is 2.41 bits per heavy atom. The van der Waals surface area contributed by atoms with Crippen LogP contribution in [0, 0.1) is 0 Å². The van der Waals surface area contributed by atoms with Crippen LogP contribution in [-0.4, -0.2) is 42.1 Å². The normalized spacial score (nSPS) is 13.6. The average Bonchev–Trinajstić information content (AvgIpc) is 2.31. The van der Waals surface area contributed by atoms with Crippen molar-refractivity contribution >= 4 is 17.8 Å². The van der Waals surface area contributed by atoms with E-state index in [0.29, 0.717) is 6.42 Å². The Morgan fingerprint density at radius 2 is 2.00 bits per heavy atom. The van der Waals surface area contributed by atoms with Gasteiger partial charge in [-0.2, -0.15) is 0 Å². The highest BCUT2D eigenvalue weighted by Gasteiger charge is 2.20. The molecule has 0 aromatic carbocycles. The van der Waals surface area contributed by atoms with Crippen molar-refractivity contribution in [2.24, 2.45) is 5.73 Å². The van der Waals surface area contributed by atoms with Crippen molar-refractivity contribution in [3.8, 4) is 0 Å². The summed E-state index contributed by atoms with van der Waals surface area (Å²) in [7, 11) is 1.23. The Morgan fingerprint density at radius 1 is 1.41 bits per heavy atom. The molecule has 4 N–H and O–H groups in total. The predicted octanol–water partition coefficient (Wildman–Crippen LogP) is -0.754. The smallest absolute Gasteiger partial charge is 0.328 e. The molecular formula is C10H18N2O5. The van der Waals surface area contributed by atoms with Crippen LogP contribution in [0.5, 0.6) is 0 Å². The molecule has 0 saturated carbocycles. The van der Waals surface area contributed by atoms with E-state index in [0.717, 1.165) is 0 Å². The Kier molecular flexibility index (Phi) is 6.88. The van der Waals surface area contributed by atoms with Crippen molar-refractivity contribution in [1.29, 1.82) is 0 Å². The SMILES string of the molecule is CCC(NC(=O)CCC(N)C(=O)O)C(=O)OC. The molecule has 0 aliphatic rings. The number of amides is 1. The first-order valence-electron chi connectivity index (χ1n) is 5.27. The summed E-state index contributed by atoms with van der Waals surface area (Å²) in [5.74, 6) is -2.10. The van der Waals surface area contributed by atoms with Gasteiger partial charge in [-0.25, -0.2) is 4.79 Å². The number of carbonyl (C=O) groups is 3. The fourth-order valence-corrected chi connectivity index (χ4v) is 1.15. The number of nitrogens with one attached hydrogen (secondary N) is 1. The van der Waals surface area contributed by atoms with E-state index in [9.17, 15) is 14.4 Å². The number of rotatable bonds is 7. The molecule has 0 rings (SSSR count). The summed E-state index contributed by atoms with van der Waals surface area (Å²) in [6.07, 6.45) is 0.392. The third-order valence-electron chi connectivity index (χ3n) is 2.23. The Labute approximate surface area is 99.3 Å². The molecule has 2 atom stereocenters. The van der Waals surface area contributed by atoms with Gasteiger partial charge in [-0.3, -0.25) is 9.59 Å². The summed E-state index contributed by atoms with van der Waals surface area (Å²) in [5.41, 5.74) is 5.24. The first kappa shape index (κ1) is 15.4. The fraction of sp³-hybridized carbons (Fsp3) is 0.700. The maximum absolute atomic E-state index is 11.4. The maximum Gasteiger partial charge on any atom is 0.328 e. The molecule has 0 aliphatic carbocycles. The van der Waals surface area contributed by atoms with E-state index >= 15 is 0 Å². The van der Waals surface area contributed by atoms with Gasteiger partial charge in [0.15, 0.2) is 0 Å². The average molecular weight is 246 g/mol. The lowest BCUT2D eigenvalue weighted by Crippen LogP contribution is -2.41. The third-order valence-corrected chi connectivity index (χ3v) is 2.23. The van der Waals surface area contributed by atoms with Gasteiger partial charge in [-0.05, 0) is 12.8 Å². The van der Waals surface area contributed by atoms with Gasteiger partial charge in [0.1, 0.15) is 12.1 Å². The highest BCUT2D eigenvalue weighted by molar-refractivity contribution is 5.84. The van der Waals surface area contributed by atoms with Gasteiger partial charge in [0.2, 0.25) is 5.91 Å². The number of carboxylic acids is 1. The molecule has 7 nitrogen and oxygen atoms in total. The van der Waals surface area contributed by atoms with Gasteiger partial charge in [-0.15, -0.1) is 0 Å². The lowest BCUT2D eigenvalue weighted by molar-refractivity contribution is -0.145. The summed E-state index contributed by atoms with van der Waals surface area (Å²) >= 11 is 0. The molecule has 0 aromatic heterocycles. The number of hydrogen-bond donors (Lipinski definition) is 3. The van der Waals surface area contributed by atoms with Gasteiger partial charge in [0.25, 0.3) is 0 Å². The van der Waals surface area contributed by atoms with Crippen molar-refractivity contribution < 1.29 is 24.2 Å². The minimum absolute atomic E-state index is 0.0266. The van der Waals surface area contributed by atoms with Crippen molar-refractivity contribution in [1.82, 2.24) is 5.32 Å². The van der Waals surface area contributed by atoms with E-state index in [2.05, 4.69) is 10.1 Å². The van der Waals surface area contributed by atoms with Crippen molar-refractivity contribution in [2.45, 2.75) is 38.3 Å². The third kappa shape index (κ3) is 5.86. The van der Waals surface area contributed by atoms with Crippen molar-refractivity contribution in [2.75, 3.05) is 7.11 Å². The summed E-state index contributed by atoms with van der Waals surface area (Å²) in [6, 6.07) is -1.77. The second-order valence-electron chi connectivity index (χ2n) is 3.53. The standard InChI is InChI=1S/C10H18N2O5/c1-3-7(10(16)17-2)12-8(13)5-4-6(11)9(14)15/h6-7H,3-5,11H2,1-2H3,(H,12,13)(H,14,15). The van der Waals surface area contributed by atoms with Crippen LogP contribution >= 0.6 is 0 Å². The molecule has 0 saturated heterocycles. The minimum Gasteiger partial charge on any atom is -0.480 e. The quantitative estimate of drug-likeness (QED) is 0.508. The molecule has 0 bridgehead atoms. The number of carboxylic acid groups (broad SMARTS) is 1. The number of ether oxygens (including phenoxy) is 1. The molecule has 0 aromatic rings. The Hall–Kier alpha value is -1.63. The molecule has 98 valence electrons. The van der Waals surface area contributed by atoms with E-state index in [1.54, 1.807) is 6.92 Å². The monoisotopic (exact) mass is 246 g/mol. The molecule has 1 amide bonds. The molecule has 17 heavy (non-hydrogen) atoms. The van der Waals surface area contributed by atoms with Crippen LogP contribution in [-0.2, 0) is 19.1 Å². The zero-order chi connectivity index (χ0) is 13.4. The molecule has 2 unspecified atom stereocenters. The fourth-order valence-electron chi connectivity index (χ4n) is 1.15. The van der Waals surface area contributed by atoms with E-state index in [4.69, 9.17) is 10.8 Å². The lowest BCUT2D eigenvalue weighted by atomic mass is 10.1. The second-order valence-corrected chi connectivity index (χ2v) is 3.53. The van der Waals surface area contributed by atoms with Crippen LogP contribution in [0.15, 0.2) is 0 Å². The van der Waals surface area contributed by atoms with Crippen LogP contribution in [0.25, 0.3) is 0 Å². The number of hydrogen-bond acceptors (Lipinski definition) is 5. The van der Waals surface area contributed by atoms with Crippen molar-refractivity contribution in [3.63, 3.8) is 0 Å². The molecule has 0 fully saturated rings. The first-order chi connectivity index (χ1) is 7.92. The molecule has 0 heterocycles. The lowest BCUT2D eigenvalue weighted by Gasteiger charge is -2.14. The van der Waals surface area contributed by atoms with E-state index in [-0.39, 0.29) is 12.8 Å². The Bertz CT molecular complexity index is 292. The van der Waals surface area contributed by atoms with Gasteiger partial charge < -0.3 is 20.9 Å². The number of aliphatic carboxylic acids is 1. The van der Waals surface area contributed by atoms with E-state index in [1.165, 1.54) is 7.11 Å². The van der Waals surface area contributed by atoms with Crippen LogP contribution in [0.2, 0.25) is 0 Å². The van der Waals surface area contributed by atoms with Gasteiger partial charge >= 0.3 is 11.9 Å². The van der Waals surface area contributed by atoms with Gasteiger partial charge in [0.05, 0.1) is 7.11 Å². The van der Waals surface area contributed by atoms with Crippen LogP contribution in [0.1, 0.15) is 26.2 Å². The first-order valence-corrected chi connectivity index (χ1v) is 5.27. The van der Waals surface area contributed by atoms with E-state index in [1.807, 2.05) is 0 Å². The number of nitrogens with two attached hydrogens (primary N) is 1. The number of carbonyl (C=O) groups excluding carboxylic acids is 2. The summed E-state index contributed by atoms with van der Waals surface area (Å²) in [4.78, 5) is 33.0. The Balaban J connectivity index is 4.08. The van der Waals surface area contributed by atoms with Crippen LogP contribution in [0.4, 0.5) is 0 Å². The van der Waals surface area contributed by atoms with Crippen LogP contribution in [0.3, 0.4) is 0 Å². The molecular weight excluding hydrogens is 228 g/mol. The van der Waals surface area contributed by atoms with E-state index < -0.39 is 29.9 Å². The highest BCUT2D eigenvalue weighted by Crippen LogP contribution is 1.99. The molecule has 0 spiro atoms. The topological polar surface area (TPSA) is 119 Å². The predicted molar refractivity (Wildman–Crippen MR) is 59.1 cm³/mol. The summed E-state index contributed by atoms with van der Waals surface area (Å²) < 4.78 is 4.50.